The monoisotopic (exact) mass is 944 g/mol. The number of anilines is 1. The van der Waals surface area contributed by atoms with Gasteiger partial charge in [-0.2, -0.15) is 0 Å². The lowest BCUT2D eigenvalue weighted by molar-refractivity contribution is -0.146. The number of hydrogen-bond donors (Lipinski definition) is 8. The number of benzene rings is 1. The molecule has 8 N–H and O–H groups in total. The van der Waals surface area contributed by atoms with Crippen molar-refractivity contribution in [1.82, 2.24) is 36.0 Å². The molecule has 0 saturated heterocycles. The van der Waals surface area contributed by atoms with Crippen LogP contribution < -0.4 is 26.6 Å². The van der Waals surface area contributed by atoms with Crippen molar-refractivity contribution in [2.45, 2.75) is 64.1 Å². The van der Waals surface area contributed by atoms with E-state index in [-0.39, 0.29) is 76.5 Å². The lowest BCUT2D eigenvalue weighted by atomic mass is 10.0. The average Bonchev–Trinajstić information content (AvgIpc) is 3.24. The van der Waals surface area contributed by atoms with Crippen LogP contribution in [0.5, 0.6) is 0 Å². The summed E-state index contributed by atoms with van der Waals surface area (Å²) in [5.41, 5.74) is 1.19. The zero-order chi connectivity index (χ0) is 48.0. The first kappa shape index (κ1) is 57.0. The minimum atomic E-state index is -1.20. The highest BCUT2D eigenvalue weighted by molar-refractivity contribution is 8.76. The van der Waals surface area contributed by atoms with Crippen LogP contribution in [0.25, 0.3) is 0 Å². The molecule has 64 heavy (non-hydrogen) atoms. The number of carbonyl (C=O) groups excluding carboxylic acids is 6. The third-order valence-corrected chi connectivity index (χ3v) is 11.9. The Balaban J connectivity index is 2.68. The molecule has 0 aliphatic carbocycles. The number of carboxylic acids is 3. The van der Waals surface area contributed by atoms with Crippen molar-refractivity contribution in [2.24, 2.45) is 0 Å². The van der Waals surface area contributed by atoms with Crippen molar-refractivity contribution in [2.75, 3.05) is 104 Å². The Labute approximate surface area is 381 Å². The smallest absolute Gasteiger partial charge is 0.319 e. The Morgan fingerprint density at radius 3 is 1.84 bits per heavy atom. The first-order valence-electron chi connectivity index (χ1n) is 20.5. The van der Waals surface area contributed by atoms with E-state index >= 15 is 0 Å². The van der Waals surface area contributed by atoms with Crippen LogP contribution in [-0.2, 0) is 54.3 Å². The second-order valence-electron chi connectivity index (χ2n) is 14.4. The Morgan fingerprint density at radius 1 is 0.719 bits per heavy atom. The Morgan fingerprint density at radius 2 is 1.30 bits per heavy atom. The van der Waals surface area contributed by atoms with Crippen LogP contribution in [-0.4, -0.2) is 200 Å². The molecule has 4 amide bonds. The molecular weight excluding hydrogens is 881 g/mol. The van der Waals surface area contributed by atoms with Crippen LogP contribution in [0, 0.1) is 0 Å². The molecule has 0 heterocycles. The molecule has 0 radical (unpaired) electrons. The van der Waals surface area contributed by atoms with E-state index in [1.54, 1.807) is 34.1 Å². The molecule has 3 unspecified atom stereocenters. The number of ether oxygens (including phenoxy) is 2. The van der Waals surface area contributed by atoms with Gasteiger partial charge in [-0.1, -0.05) is 40.6 Å². The normalized spacial score (nSPS) is 12.5. The summed E-state index contributed by atoms with van der Waals surface area (Å²) >= 11 is 0. The average molecular weight is 945 g/mol. The second kappa shape index (κ2) is 32.6. The van der Waals surface area contributed by atoms with E-state index in [2.05, 4.69) is 26.6 Å². The van der Waals surface area contributed by atoms with E-state index in [4.69, 9.17) is 14.6 Å². The number of amides is 4. The number of Topliss-reactive ketones (excluding diaryl/α,β-unsaturated/α-hetero) is 1. The summed E-state index contributed by atoms with van der Waals surface area (Å²) in [5, 5.41) is 41.9. The van der Waals surface area contributed by atoms with Gasteiger partial charge in [-0.25, -0.2) is 4.79 Å². The molecule has 24 heteroatoms. The topological polar surface area (TPSA) is 303 Å². The number of hydrogen-bond acceptors (Lipinski definition) is 17. The van der Waals surface area contributed by atoms with Crippen molar-refractivity contribution >= 4 is 80.8 Å². The highest BCUT2D eigenvalue weighted by Gasteiger charge is 2.28. The maximum absolute atomic E-state index is 12.6. The zero-order valence-electron chi connectivity index (χ0n) is 37.1. The van der Waals surface area contributed by atoms with Gasteiger partial charge >= 0.3 is 35.9 Å². The molecule has 0 aliphatic rings. The Kier molecular flexibility index (Phi) is 29.1. The maximum Gasteiger partial charge on any atom is 0.319 e. The molecule has 0 aliphatic heterocycles. The number of carbonyl (C=O) groups is 9. The van der Waals surface area contributed by atoms with Gasteiger partial charge < -0.3 is 51.4 Å². The quantitative estimate of drug-likeness (QED) is 0.0252. The summed E-state index contributed by atoms with van der Waals surface area (Å²) < 4.78 is 9.56. The van der Waals surface area contributed by atoms with E-state index < -0.39 is 66.5 Å². The number of nitrogens with zero attached hydrogens (tertiary/aromatic N) is 3. The SMILES string of the molecule is CCN(CCN(CC(=O)O)CC(Cc1ccc(NC(=O)NCCSSCCNC(=O)CCC(NC(=O)C(CCC(=O)O)NC)C(C)=O)cc1)N(CC(=O)O)CC(=O)OC)CC(=O)OC. The molecule has 1 rings (SSSR count). The van der Waals surface area contributed by atoms with Gasteiger partial charge in [0.15, 0.2) is 5.78 Å². The largest absolute Gasteiger partial charge is 0.481 e. The fourth-order valence-corrected chi connectivity index (χ4v) is 7.86. The molecule has 360 valence electrons. The first-order chi connectivity index (χ1) is 30.4. The molecule has 0 bridgehead atoms. The minimum Gasteiger partial charge on any atom is -0.481 e. The summed E-state index contributed by atoms with van der Waals surface area (Å²) in [6, 6.07) is 3.99. The molecule has 22 nitrogen and oxygen atoms in total. The number of carboxylic acid groups (broad SMARTS) is 3. The first-order valence-corrected chi connectivity index (χ1v) is 23.0. The molecule has 1 aromatic rings. The van der Waals surface area contributed by atoms with Gasteiger partial charge in [0.25, 0.3) is 0 Å². The van der Waals surface area contributed by atoms with E-state index in [9.17, 15) is 53.4 Å². The van der Waals surface area contributed by atoms with E-state index in [0.717, 1.165) is 5.56 Å². The van der Waals surface area contributed by atoms with Gasteiger partial charge in [0.1, 0.15) is 0 Å². The van der Waals surface area contributed by atoms with E-state index in [1.165, 1.54) is 54.7 Å². The number of rotatable bonds is 35. The predicted molar refractivity (Wildman–Crippen MR) is 240 cm³/mol. The standard InChI is InChI=1S/C40H64N8O14S2/c1-6-46(25-37(57)61-4)17-18-47(23-35(53)54)22-30(48(24-36(55)56)26-38(58)62-5)21-28-7-9-29(10-8-28)44-40(60)43-16-20-64-63-19-15-42-33(50)13-11-31(27(2)49)45-39(59)32(41-3)12-14-34(51)52/h7-10,30-32,41H,6,11-26H2,1-5H3,(H,42,50)(H,45,59)(H,51,52)(H,53,54)(H,55,56)(H2,43,44,60). The third-order valence-electron chi connectivity index (χ3n) is 9.53. The van der Waals surface area contributed by atoms with Gasteiger partial charge in [-0.05, 0) is 57.5 Å². The van der Waals surface area contributed by atoms with Crippen molar-refractivity contribution in [1.29, 1.82) is 0 Å². The van der Waals surface area contributed by atoms with Gasteiger partial charge in [0, 0.05) is 68.8 Å². The van der Waals surface area contributed by atoms with E-state index in [0.29, 0.717) is 43.4 Å². The molecule has 1 aromatic carbocycles. The number of nitrogens with one attached hydrogen (secondary N) is 5. The van der Waals surface area contributed by atoms with Crippen LogP contribution in [0.4, 0.5) is 10.5 Å². The summed E-state index contributed by atoms with van der Waals surface area (Å²) in [6.07, 6.45) is 0.125. The van der Waals surface area contributed by atoms with Crippen molar-refractivity contribution in [3.63, 3.8) is 0 Å². The molecule has 0 spiro atoms. The fraction of sp³-hybridized carbons (Fsp3) is 0.625. The minimum absolute atomic E-state index is 0.000161. The van der Waals surface area contributed by atoms with Gasteiger partial charge in [-0.3, -0.25) is 53.1 Å². The molecule has 0 aromatic heterocycles. The summed E-state index contributed by atoms with van der Waals surface area (Å²) in [5.74, 6) is -4.48. The highest BCUT2D eigenvalue weighted by Crippen LogP contribution is 2.20. The Hall–Kier alpha value is -5.01. The molecule has 3 atom stereocenters. The van der Waals surface area contributed by atoms with Gasteiger partial charge in [0.2, 0.25) is 11.8 Å². The maximum atomic E-state index is 12.6. The van der Waals surface area contributed by atoms with Crippen LogP contribution in [0.1, 0.15) is 45.1 Å². The predicted octanol–water partition coefficient (Wildman–Crippen LogP) is -0.0353. The molecule has 0 fully saturated rings. The highest BCUT2D eigenvalue weighted by atomic mass is 33.1. The lowest BCUT2D eigenvalue weighted by Gasteiger charge is -2.34. The van der Waals surface area contributed by atoms with E-state index in [1.807, 2.05) is 6.92 Å². The van der Waals surface area contributed by atoms with Crippen molar-refractivity contribution in [3.05, 3.63) is 29.8 Å². The van der Waals surface area contributed by atoms with Crippen LogP contribution in [0.2, 0.25) is 0 Å². The van der Waals surface area contributed by atoms with Crippen LogP contribution >= 0.6 is 21.6 Å². The number of methoxy groups -OCH3 is 2. The van der Waals surface area contributed by atoms with Crippen molar-refractivity contribution in [3.8, 4) is 0 Å². The number of urea groups is 1. The Bertz CT molecular complexity index is 1680. The van der Waals surface area contributed by atoms with Gasteiger partial charge in [-0.15, -0.1) is 0 Å². The summed E-state index contributed by atoms with van der Waals surface area (Å²) in [6.45, 7) is 3.66. The lowest BCUT2D eigenvalue weighted by Crippen LogP contribution is -2.51. The molecule has 0 saturated carbocycles. The fourth-order valence-electron chi connectivity index (χ4n) is 6.05. The number of likely N-dealkylation sites (N-methyl/N-ethyl adjacent to an activating group) is 2. The van der Waals surface area contributed by atoms with Crippen LogP contribution in [0.15, 0.2) is 24.3 Å². The van der Waals surface area contributed by atoms with Gasteiger partial charge in [0.05, 0.1) is 52.5 Å². The number of aliphatic carboxylic acids is 3. The molecular formula is C40H64N8O14S2. The third kappa shape index (κ3) is 25.9. The summed E-state index contributed by atoms with van der Waals surface area (Å²) in [4.78, 5) is 113. The van der Waals surface area contributed by atoms with Crippen molar-refractivity contribution < 1.29 is 67.9 Å². The van der Waals surface area contributed by atoms with Crippen LogP contribution in [0.3, 0.4) is 0 Å². The number of ketones is 1. The summed E-state index contributed by atoms with van der Waals surface area (Å²) in [7, 11) is 6.95. The zero-order valence-corrected chi connectivity index (χ0v) is 38.7. The second-order valence-corrected chi connectivity index (χ2v) is 17.1. The number of esters is 2.